The summed E-state index contributed by atoms with van der Waals surface area (Å²) in [6.07, 6.45) is 0. The fourth-order valence-electron chi connectivity index (χ4n) is 1.89. The van der Waals surface area contributed by atoms with Crippen LogP contribution in [0.4, 0.5) is 5.69 Å². The average molecular weight is 415 g/mol. The lowest BCUT2D eigenvalue weighted by Gasteiger charge is -2.19. The van der Waals surface area contributed by atoms with Gasteiger partial charge in [-0.3, -0.25) is 4.79 Å². The van der Waals surface area contributed by atoms with Gasteiger partial charge < -0.3 is 10.2 Å². The van der Waals surface area contributed by atoms with Crippen LogP contribution in [-0.2, 0) is 0 Å². The molecule has 0 bridgehead atoms. The quantitative estimate of drug-likeness (QED) is 0.755. The molecule has 0 unspecified atom stereocenters. The van der Waals surface area contributed by atoms with Gasteiger partial charge in [0.2, 0.25) is 0 Å². The first-order valence-corrected chi connectivity index (χ1v) is 8.03. The highest BCUT2D eigenvalue weighted by Gasteiger charge is 2.08. The summed E-state index contributed by atoms with van der Waals surface area (Å²) < 4.78 is 0.939. The Kier molecular flexibility index (Phi) is 5.87. The molecule has 0 saturated heterocycles. The zero-order valence-corrected chi connectivity index (χ0v) is 14.6. The molecule has 3 nitrogen and oxygen atoms in total. The lowest BCUT2D eigenvalue weighted by molar-refractivity contribution is 0.0954. The number of likely N-dealkylation sites (N-methyl/N-ethyl adjacent to an activating group) is 1. The first kappa shape index (κ1) is 16.1. The normalized spacial score (nSPS) is 10.2. The van der Waals surface area contributed by atoms with Crippen molar-refractivity contribution < 1.29 is 4.79 Å². The number of halogens is 2. The van der Waals surface area contributed by atoms with Crippen molar-refractivity contribution in [3.63, 3.8) is 0 Å². The Morgan fingerprint density at radius 2 is 1.95 bits per heavy atom. The second-order valence-corrected chi connectivity index (χ2v) is 6.21. The fraction of sp³-hybridized carbons (Fsp3) is 0.188. The Bertz CT molecular complexity index is 619. The average Bonchev–Trinajstić information content (AvgIpc) is 2.50. The molecule has 1 amide bonds. The maximum atomic E-state index is 12.0. The third-order valence-electron chi connectivity index (χ3n) is 3.11. The van der Waals surface area contributed by atoms with Crippen LogP contribution in [0.3, 0.4) is 0 Å². The first-order chi connectivity index (χ1) is 10.1. The summed E-state index contributed by atoms with van der Waals surface area (Å²) in [5.74, 6) is -0.102. The first-order valence-electron chi connectivity index (χ1n) is 6.57. The Hall–Kier alpha value is -1.27. The van der Waals surface area contributed by atoms with Crippen molar-refractivity contribution in [1.82, 2.24) is 5.32 Å². The van der Waals surface area contributed by atoms with Gasteiger partial charge in [0, 0.05) is 35.0 Å². The summed E-state index contributed by atoms with van der Waals surface area (Å²) >= 11 is 8.16. The molecule has 110 valence electrons. The molecule has 0 spiro atoms. The zero-order valence-electron chi connectivity index (χ0n) is 11.6. The Labute approximate surface area is 143 Å². The molecular formula is C16H16ClIN2O. The summed E-state index contributed by atoms with van der Waals surface area (Å²) in [6, 6.07) is 15.4. The second kappa shape index (κ2) is 7.66. The van der Waals surface area contributed by atoms with Crippen LogP contribution >= 0.6 is 34.2 Å². The third kappa shape index (κ3) is 4.61. The highest BCUT2D eigenvalue weighted by Crippen LogP contribution is 2.19. The summed E-state index contributed by atoms with van der Waals surface area (Å²) in [4.78, 5) is 14.1. The van der Waals surface area contributed by atoms with Crippen molar-refractivity contribution >= 4 is 45.8 Å². The molecule has 0 heterocycles. The number of rotatable bonds is 5. The summed E-state index contributed by atoms with van der Waals surface area (Å²) in [5, 5.41) is 3.51. The van der Waals surface area contributed by atoms with E-state index in [1.54, 1.807) is 12.1 Å². The largest absolute Gasteiger partial charge is 0.373 e. The standard InChI is InChI=1S/C16H16ClIN2O/c1-20(13-5-3-2-4-6-13)10-9-19-16(21)12-7-8-15(18)14(17)11-12/h2-8,11H,9-10H2,1H3,(H,19,21). The van der Waals surface area contributed by atoms with E-state index in [0.717, 1.165) is 15.8 Å². The minimum atomic E-state index is -0.102. The van der Waals surface area contributed by atoms with Crippen LogP contribution in [0.2, 0.25) is 5.02 Å². The number of amides is 1. The van der Waals surface area contributed by atoms with Gasteiger partial charge in [0.05, 0.1) is 5.02 Å². The number of nitrogens with one attached hydrogen (secondary N) is 1. The van der Waals surface area contributed by atoms with E-state index in [2.05, 4.69) is 32.8 Å². The smallest absolute Gasteiger partial charge is 0.251 e. The highest BCUT2D eigenvalue weighted by molar-refractivity contribution is 14.1. The minimum Gasteiger partial charge on any atom is -0.373 e. The molecule has 2 aromatic rings. The molecule has 0 aliphatic rings. The SMILES string of the molecule is CN(CCNC(=O)c1ccc(I)c(Cl)c1)c1ccccc1. The van der Waals surface area contributed by atoms with E-state index in [1.807, 2.05) is 43.4 Å². The maximum absolute atomic E-state index is 12.0. The monoisotopic (exact) mass is 414 g/mol. The van der Waals surface area contributed by atoms with E-state index in [4.69, 9.17) is 11.6 Å². The Morgan fingerprint density at radius 3 is 2.62 bits per heavy atom. The molecule has 2 aromatic carbocycles. The molecule has 0 radical (unpaired) electrons. The van der Waals surface area contributed by atoms with Crippen LogP contribution in [0.25, 0.3) is 0 Å². The molecule has 0 aliphatic carbocycles. The molecule has 0 fully saturated rings. The fourth-order valence-corrected chi connectivity index (χ4v) is 2.40. The van der Waals surface area contributed by atoms with Crippen LogP contribution in [0, 0.1) is 3.57 Å². The van der Waals surface area contributed by atoms with Gasteiger partial charge in [-0.2, -0.15) is 0 Å². The van der Waals surface area contributed by atoms with Crippen molar-refractivity contribution in [3.05, 3.63) is 62.7 Å². The van der Waals surface area contributed by atoms with E-state index >= 15 is 0 Å². The molecule has 0 atom stereocenters. The molecule has 5 heteroatoms. The molecular weight excluding hydrogens is 399 g/mol. The third-order valence-corrected chi connectivity index (χ3v) is 4.68. The Morgan fingerprint density at radius 1 is 1.24 bits per heavy atom. The molecule has 0 aromatic heterocycles. The Balaban J connectivity index is 1.85. The summed E-state index contributed by atoms with van der Waals surface area (Å²) in [7, 11) is 2.00. The lowest BCUT2D eigenvalue weighted by Crippen LogP contribution is -2.32. The summed E-state index contributed by atoms with van der Waals surface area (Å²) in [6.45, 7) is 1.32. The number of nitrogens with zero attached hydrogens (tertiary/aromatic N) is 1. The van der Waals surface area contributed by atoms with Crippen LogP contribution in [0.5, 0.6) is 0 Å². The van der Waals surface area contributed by atoms with Crippen molar-refractivity contribution in [3.8, 4) is 0 Å². The predicted octanol–water partition coefficient (Wildman–Crippen LogP) is 3.81. The molecule has 0 aliphatic heterocycles. The van der Waals surface area contributed by atoms with Crippen LogP contribution in [0.1, 0.15) is 10.4 Å². The van der Waals surface area contributed by atoms with E-state index in [1.165, 1.54) is 0 Å². The van der Waals surface area contributed by atoms with Crippen LogP contribution in [0.15, 0.2) is 48.5 Å². The lowest BCUT2D eigenvalue weighted by atomic mass is 10.2. The minimum absolute atomic E-state index is 0.102. The predicted molar refractivity (Wildman–Crippen MR) is 96.2 cm³/mol. The number of carbonyl (C=O) groups excluding carboxylic acids is 1. The molecule has 1 N–H and O–H groups in total. The zero-order chi connectivity index (χ0) is 15.2. The van der Waals surface area contributed by atoms with E-state index in [-0.39, 0.29) is 5.91 Å². The van der Waals surface area contributed by atoms with Crippen molar-refractivity contribution in [2.24, 2.45) is 0 Å². The van der Waals surface area contributed by atoms with Crippen molar-refractivity contribution in [1.29, 1.82) is 0 Å². The number of hydrogen-bond donors (Lipinski definition) is 1. The van der Waals surface area contributed by atoms with Gasteiger partial charge in [-0.25, -0.2) is 0 Å². The van der Waals surface area contributed by atoms with Gasteiger partial charge in [0.25, 0.3) is 5.91 Å². The summed E-state index contributed by atoms with van der Waals surface area (Å²) in [5.41, 5.74) is 1.71. The van der Waals surface area contributed by atoms with E-state index in [9.17, 15) is 4.79 Å². The van der Waals surface area contributed by atoms with Crippen molar-refractivity contribution in [2.45, 2.75) is 0 Å². The maximum Gasteiger partial charge on any atom is 0.251 e. The van der Waals surface area contributed by atoms with Gasteiger partial charge in [0.15, 0.2) is 0 Å². The molecule has 0 saturated carbocycles. The van der Waals surface area contributed by atoms with Gasteiger partial charge in [-0.1, -0.05) is 29.8 Å². The van der Waals surface area contributed by atoms with Gasteiger partial charge >= 0.3 is 0 Å². The number of carbonyl (C=O) groups is 1. The number of hydrogen-bond acceptors (Lipinski definition) is 2. The molecule has 21 heavy (non-hydrogen) atoms. The van der Waals surface area contributed by atoms with Crippen molar-refractivity contribution in [2.75, 3.05) is 25.0 Å². The van der Waals surface area contributed by atoms with E-state index in [0.29, 0.717) is 17.1 Å². The number of anilines is 1. The van der Waals surface area contributed by atoms with Gasteiger partial charge in [-0.05, 0) is 52.9 Å². The highest BCUT2D eigenvalue weighted by atomic mass is 127. The number of para-hydroxylation sites is 1. The van der Waals surface area contributed by atoms with Crippen LogP contribution in [-0.4, -0.2) is 26.0 Å². The van der Waals surface area contributed by atoms with Crippen LogP contribution < -0.4 is 10.2 Å². The topological polar surface area (TPSA) is 32.3 Å². The van der Waals surface area contributed by atoms with Gasteiger partial charge in [0.1, 0.15) is 0 Å². The second-order valence-electron chi connectivity index (χ2n) is 4.64. The molecule has 2 rings (SSSR count). The number of benzene rings is 2. The van der Waals surface area contributed by atoms with E-state index < -0.39 is 0 Å². The van der Waals surface area contributed by atoms with Gasteiger partial charge in [-0.15, -0.1) is 0 Å².